The first-order valence-corrected chi connectivity index (χ1v) is 4.67. The van der Waals surface area contributed by atoms with E-state index in [0.29, 0.717) is 12.2 Å². The molecule has 2 heteroatoms. The lowest BCUT2D eigenvalue weighted by Crippen LogP contribution is -1.96. The molecule has 0 saturated carbocycles. The molecule has 0 aliphatic carbocycles. The smallest absolute Gasteiger partial charge is 0.133 e. The van der Waals surface area contributed by atoms with E-state index in [1.165, 1.54) is 0 Å². The van der Waals surface area contributed by atoms with Crippen LogP contribution in [0.25, 0.3) is 0 Å². The molecule has 0 atom stereocenters. The molecule has 0 heterocycles. The van der Waals surface area contributed by atoms with E-state index in [-0.39, 0.29) is 0 Å². The quantitative estimate of drug-likeness (QED) is 0.436. The Morgan fingerprint density at radius 3 is 2.90 bits per heavy atom. The van der Waals surface area contributed by atoms with Gasteiger partial charge in [0.05, 0.1) is 0 Å². The minimum Gasteiger partial charge on any atom is -0.300 e. The largest absolute Gasteiger partial charge is 0.300 e. The summed E-state index contributed by atoms with van der Waals surface area (Å²) < 4.78 is 0. The van der Waals surface area contributed by atoms with Crippen LogP contribution in [-0.2, 0) is 4.79 Å². The molecule has 0 aromatic heterocycles. The third-order valence-corrected chi connectivity index (χ3v) is 2.12. The minimum atomic E-state index is 0.358. The zero-order valence-corrected chi connectivity index (χ0v) is 7.25. The second-order valence-corrected chi connectivity index (χ2v) is 3.16. The van der Waals surface area contributed by atoms with E-state index in [0.717, 1.165) is 17.9 Å². The van der Waals surface area contributed by atoms with Gasteiger partial charge >= 0.3 is 0 Å². The maximum atomic E-state index is 10.7. The third-order valence-electron chi connectivity index (χ3n) is 1.16. The van der Waals surface area contributed by atoms with Gasteiger partial charge in [0, 0.05) is 24.3 Å². The van der Waals surface area contributed by atoms with Crippen molar-refractivity contribution < 1.29 is 4.79 Å². The molecule has 0 amide bonds. The van der Waals surface area contributed by atoms with E-state index in [2.05, 4.69) is 6.58 Å². The van der Waals surface area contributed by atoms with E-state index < -0.39 is 0 Å². The Bertz CT molecular complexity index is 110. The highest BCUT2D eigenvalue weighted by atomic mass is 32.2. The fraction of sp³-hybridized carbons (Fsp3) is 0.625. The van der Waals surface area contributed by atoms with Crippen molar-refractivity contribution in [3.05, 3.63) is 12.7 Å². The van der Waals surface area contributed by atoms with Crippen LogP contribution in [0, 0.1) is 0 Å². The SMILES string of the molecule is C=CCSCCC(=O)CC. The Labute approximate surface area is 66.9 Å². The summed E-state index contributed by atoms with van der Waals surface area (Å²) in [6.07, 6.45) is 3.25. The van der Waals surface area contributed by atoms with Crippen LogP contribution in [0.2, 0.25) is 0 Å². The van der Waals surface area contributed by atoms with Gasteiger partial charge in [-0.05, 0) is 0 Å². The molecule has 0 aliphatic rings. The number of ketones is 1. The van der Waals surface area contributed by atoms with Gasteiger partial charge < -0.3 is 0 Å². The molecule has 0 radical (unpaired) electrons. The molecule has 0 aromatic rings. The molecule has 10 heavy (non-hydrogen) atoms. The summed E-state index contributed by atoms with van der Waals surface area (Å²) in [6, 6.07) is 0. The standard InChI is InChI=1S/C8H14OS/c1-3-6-10-7-5-8(9)4-2/h3H,1,4-7H2,2H3. The van der Waals surface area contributed by atoms with Gasteiger partial charge in [-0.2, -0.15) is 11.8 Å². The summed E-state index contributed by atoms with van der Waals surface area (Å²) in [5.74, 6) is 2.26. The van der Waals surface area contributed by atoms with Crippen molar-refractivity contribution in [1.82, 2.24) is 0 Å². The Hall–Kier alpha value is -0.240. The van der Waals surface area contributed by atoms with Crippen molar-refractivity contribution in [1.29, 1.82) is 0 Å². The van der Waals surface area contributed by atoms with Gasteiger partial charge in [-0.1, -0.05) is 13.0 Å². The van der Waals surface area contributed by atoms with E-state index in [9.17, 15) is 4.79 Å². The van der Waals surface area contributed by atoms with Crippen LogP contribution in [0.3, 0.4) is 0 Å². The molecule has 0 bridgehead atoms. The van der Waals surface area contributed by atoms with Crippen LogP contribution in [-0.4, -0.2) is 17.3 Å². The average Bonchev–Trinajstić information content (AvgIpc) is 1.98. The van der Waals surface area contributed by atoms with Gasteiger partial charge in [0.2, 0.25) is 0 Å². The molecular formula is C8H14OS. The van der Waals surface area contributed by atoms with E-state index in [1.54, 1.807) is 11.8 Å². The minimum absolute atomic E-state index is 0.358. The monoisotopic (exact) mass is 158 g/mol. The second-order valence-electron chi connectivity index (χ2n) is 2.01. The third kappa shape index (κ3) is 5.89. The van der Waals surface area contributed by atoms with Crippen molar-refractivity contribution in [2.24, 2.45) is 0 Å². The summed E-state index contributed by atoms with van der Waals surface area (Å²) in [7, 11) is 0. The van der Waals surface area contributed by atoms with Gasteiger partial charge in [-0.15, -0.1) is 6.58 Å². The zero-order chi connectivity index (χ0) is 7.82. The molecule has 1 nitrogen and oxygen atoms in total. The van der Waals surface area contributed by atoms with Gasteiger partial charge in [0.1, 0.15) is 5.78 Å². The summed E-state index contributed by atoms with van der Waals surface area (Å²) in [5.41, 5.74) is 0. The molecule has 0 aromatic carbocycles. The summed E-state index contributed by atoms with van der Waals surface area (Å²) >= 11 is 1.76. The first-order chi connectivity index (χ1) is 4.81. The number of hydrogen-bond acceptors (Lipinski definition) is 2. The van der Waals surface area contributed by atoms with Crippen molar-refractivity contribution in [2.75, 3.05) is 11.5 Å². The lowest BCUT2D eigenvalue weighted by atomic mass is 10.2. The van der Waals surface area contributed by atoms with Crippen molar-refractivity contribution in [2.45, 2.75) is 19.8 Å². The van der Waals surface area contributed by atoms with E-state index >= 15 is 0 Å². The van der Waals surface area contributed by atoms with Gasteiger partial charge in [0.15, 0.2) is 0 Å². The maximum absolute atomic E-state index is 10.7. The molecule has 0 N–H and O–H groups in total. The van der Waals surface area contributed by atoms with Gasteiger partial charge in [0.25, 0.3) is 0 Å². The Kier molecular flexibility index (Phi) is 6.71. The first kappa shape index (κ1) is 9.76. The molecule has 0 fully saturated rings. The molecule has 58 valence electrons. The summed E-state index contributed by atoms with van der Waals surface area (Å²) in [5, 5.41) is 0. The highest BCUT2D eigenvalue weighted by molar-refractivity contribution is 7.99. The van der Waals surface area contributed by atoms with Crippen molar-refractivity contribution >= 4 is 17.5 Å². The van der Waals surface area contributed by atoms with Crippen LogP contribution in [0.1, 0.15) is 19.8 Å². The Morgan fingerprint density at radius 1 is 1.70 bits per heavy atom. The molecule has 0 spiro atoms. The first-order valence-electron chi connectivity index (χ1n) is 3.51. The van der Waals surface area contributed by atoms with Crippen LogP contribution < -0.4 is 0 Å². The second kappa shape index (κ2) is 6.87. The maximum Gasteiger partial charge on any atom is 0.133 e. The van der Waals surface area contributed by atoms with Crippen LogP contribution in [0.15, 0.2) is 12.7 Å². The average molecular weight is 158 g/mol. The highest BCUT2D eigenvalue weighted by Crippen LogP contribution is 2.03. The van der Waals surface area contributed by atoms with E-state index in [4.69, 9.17) is 0 Å². The fourth-order valence-electron chi connectivity index (χ4n) is 0.529. The Morgan fingerprint density at radius 2 is 2.40 bits per heavy atom. The van der Waals surface area contributed by atoms with Crippen molar-refractivity contribution in [3.8, 4) is 0 Å². The van der Waals surface area contributed by atoms with Gasteiger partial charge in [-0.3, -0.25) is 4.79 Å². The lowest BCUT2D eigenvalue weighted by molar-refractivity contribution is -0.118. The predicted octanol–water partition coefficient (Wildman–Crippen LogP) is 2.27. The van der Waals surface area contributed by atoms with Crippen LogP contribution in [0.5, 0.6) is 0 Å². The molecule has 0 aliphatic heterocycles. The highest BCUT2D eigenvalue weighted by Gasteiger charge is 1.95. The number of carbonyl (C=O) groups excluding carboxylic acids is 1. The lowest BCUT2D eigenvalue weighted by Gasteiger charge is -1.94. The number of rotatable bonds is 6. The summed E-state index contributed by atoms with van der Waals surface area (Å²) in [6.45, 7) is 5.50. The van der Waals surface area contributed by atoms with Crippen molar-refractivity contribution in [3.63, 3.8) is 0 Å². The number of carbonyl (C=O) groups is 1. The zero-order valence-electron chi connectivity index (χ0n) is 6.43. The Balaban J connectivity index is 3.03. The van der Waals surface area contributed by atoms with E-state index in [1.807, 2.05) is 13.0 Å². The molecule has 0 saturated heterocycles. The topological polar surface area (TPSA) is 17.1 Å². The number of Topliss-reactive ketones (excluding diaryl/α,β-unsaturated/α-hetero) is 1. The summed E-state index contributed by atoms with van der Waals surface area (Å²) in [4.78, 5) is 10.7. The van der Waals surface area contributed by atoms with Crippen LogP contribution in [0.4, 0.5) is 0 Å². The normalized spacial score (nSPS) is 9.30. The molecule has 0 rings (SSSR count). The fourth-order valence-corrected chi connectivity index (χ4v) is 1.23. The number of hydrogen-bond donors (Lipinski definition) is 0. The van der Waals surface area contributed by atoms with Crippen LogP contribution >= 0.6 is 11.8 Å². The molecule has 0 unspecified atom stereocenters. The predicted molar refractivity (Wildman–Crippen MR) is 47.4 cm³/mol. The molecular weight excluding hydrogens is 144 g/mol. The number of thioether (sulfide) groups is 1. The van der Waals surface area contributed by atoms with Gasteiger partial charge in [-0.25, -0.2) is 0 Å².